The van der Waals surface area contributed by atoms with Gasteiger partial charge in [0, 0.05) is 19.0 Å². The summed E-state index contributed by atoms with van der Waals surface area (Å²) in [5.74, 6) is -0.0903. The van der Waals surface area contributed by atoms with Crippen molar-refractivity contribution in [1.29, 1.82) is 0 Å². The standard InChI is InChI=1S/C19H24N2O5/c1-14(19(24)26-13-12-21-11-3-4-18(21)23)20-17(22)10-7-15-5-8-16(25-2)9-6-15/h5-10,14H,3-4,11-13H2,1-2H3,(H,20,22)/b10-7+/t14-/m0/s1. The summed E-state index contributed by atoms with van der Waals surface area (Å²) in [4.78, 5) is 36.9. The van der Waals surface area contributed by atoms with E-state index in [1.54, 1.807) is 37.1 Å². The average molecular weight is 360 g/mol. The first-order valence-electron chi connectivity index (χ1n) is 8.56. The topological polar surface area (TPSA) is 84.9 Å². The van der Waals surface area contributed by atoms with Crippen molar-refractivity contribution in [2.24, 2.45) is 0 Å². The Balaban J connectivity index is 1.71. The summed E-state index contributed by atoms with van der Waals surface area (Å²) < 4.78 is 10.2. The minimum absolute atomic E-state index is 0.0890. The number of rotatable bonds is 8. The van der Waals surface area contributed by atoms with E-state index in [1.165, 1.54) is 6.08 Å². The van der Waals surface area contributed by atoms with Crippen LogP contribution in [0.4, 0.5) is 0 Å². The minimum Gasteiger partial charge on any atom is -0.497 e. The van der Waals surface area contributed by atoms with Crippen LogP contribution >= 0.6 is 0 Å². The van der Waals surface area contributed by atoms with Gasteiger partial charge in [-0.15, -0.1) is 0 Å². The summed E-state index contributed by atoms with van der Waals surface area (Å²) in [7, 11) is 1.59. The van der Waals surface area contributed by atoms with E-state index in [9.17, 15) is 14.4 Å². The molecule has 0 radical (unpaired) electrons. The van der Waals surface area contributed by atoms with Gasteiger partial charge in [0.2, 0.25) is 11.8 Å². The highest BCUT2D eigenvalue weighted by atomic mass is 16.5. The van der Waals surface area contributed by atoms with E-state index in [0.29, 0.717) is 19.5 Å². The second kappa shape index (κ2) is 9.60. The van der Waals surface area contributed by atoms with Crippen LogP contribution in [0.15, 0.2) is 30.3 Å². The SMILES string of the molecule is COc1ccc(/C=C/C(=O)N[C@@H](C)C(=O)OCCN2CCCC2=O)cc1. The molecule has 1 aliphatic rings. The molecule has 1 aliphatic heterocycles. The van der Waals surface area contributed by atoms with Crippen LogP contribution in [0.25, 0.3) is 6.08 Å². The molecule has 2 rings (SSSR count). The number of carbonyl (C=O) groups excluding carboxylic acids is 3. The first-order chi connectivity index (χ1) is 12.5. The third-order valence-electron chi connectivity index (χ3n) is 4.03. The molecule has 0 unspecified atom stereocenters. The molecule has 140 valence electrons. The number of nitrogens with zero attached hydrogens (tertiary/aromatic N) is 1. The van der Waals surface area contributed by atoms with Crippen LogP contribution in [0.5, 0.6) is 5.75 Å². The van der Waals surface area contributed by atoms with Crippen LogP contribution in [-0.2, 0) is 19.1 Å². The van der Waals surface area contributed by atoms with Crippen LogP contribution in [0.3, 0.4) is 0 Å². The summed E-state index contributed by atoms with van der Waals surface area (Å²) in [5.41, 5.74) is 0.839. The third-order valence-corrected chi connectivity index (χ3v) is 4.03. The number of ether oxygens (including phenoxy) is 2. The number of hydrogen-bond acceptors (Lipinski definition) is 5. The van der Waals surface area contributed by atoms with E-state index < -0.39 is 12.0 Å². The van der Waals surface area contributed by atoms with E-state index in [-0.39, 0.29) is 18.4 Å². The largest absolute Gasteiger partial charge is 0.497 e. The van der Waals surface area contributed by atoms with Crippen LogP contribution in [0.1, 0.15) is 25.3 Å². The van der Waals surface area contributed by atoms with Gasteiger partial charge >= 0.3 is 5.97 Å². The number of hydrogen-bond donors (Lipinski definition) is 1. The van der Waals surface area contributed by atoms with Gasteiger partial charge in [-0.3, -0.25) is 9.59 Å². The summed E-state index contributed by atoms with van der Waals surface area (Å²) >= 11 is 0. The quantitative estimate of drug-likeness (QED) is 0.559. The third kappa shape index (κ3) is 5.91. The summed E-state index contributed by atoms with van der Waals surface area (Å²) in [6.45, 7) is 2.79. The van der Waals surface area contributed by atoms with E-state index in [1.807, 2.05) is 12.1 Å². The smallest absolute Gasteiger partial charge is 0.328 e. The van der Waals surface area contributed by atoms with Crippen molar-refractivity contribution in [2.75, 3.05) is 26.8 Å². The van der Waals surface area contributed by atoms with Gasteiger partial charge in [-0.1, -0.05) is 12.1 Å². The maximum atomic E-state index is 11.9. The molecule has 1 saturated heterocycles. The van der Waals surface area contributed by atoms with Crippen LogP contribution in [-0.4, -0.2) is 55.5 Å². The van der Waals surface area contributed by atoms with Crippen molar-refractivity contribution < 1.29 is 23.9 Å². The van der Waals surface area contributed by atoms with Gasteiger partial charge in [0.05, 0.1) is 13.7 Å². The van der Waals surface area contributed by atoms with Gasteiger partial charge in [-0.25, -0.2) is 4.79 Å². The van der Waals surface area contributed by atoms with Crippen molar-refractivity contribution in [1.82, 2.24) is 10.2 Å². The molecule has 1 atom stereocenters. The minimum atomic E-state index is -0.766. The van der Waals surface area contributed by atoms with Crippen molar-refractivity contribution in [3.63, 3.8) is 0 Å². The molecule has 1 fully saturated rings. The van der Waals surface area contributed by atoms with Gasteiger partial charge < -0.3 is 19.7 Å². The first-order valence-corrected chi connectivity index (χ1v) is 8.56. The maximum absolute atomic E-state index is 11.9. The molecule has 0 aliphatic carbocycles. The van der Waals surface area contributed by atoms with E-state index in [2.05, 4.69) is 5.32 Å². The zero-order valence-electron chi connectivity index (χ0n) is 15.1. The lowest BCUT2D eigenvalue weighted by atomic mass is 10.2. The Kier molecular flexibility index (Phi) is 7.20. The lowest BCUT2D eigenvalue weighted by molar-refractivity contribution is -0.148. The Hall–Kier alpha value is -2.83. The van der Waals surface area contributed by atoms with Crippen molar-refractivity contribution in [3.05, 3.63) is 35.9 Å². The molecule has 0 aromatic heterocycles. The molecule has 0 spiro atoms. The summed E-state index contributed by atoms with van der Waals surface area (Å²) in [5, 5.41) is 2.55. The van der Waals surface area contributed by atoms with Gasteiger partial charge in [0.25, 0.3) is 0 Å². The predicted octanol–water partition coefficient (Wildman–Crippen LogP) is 1.38. The number of carbonyl (C=O) groups is 3. The van der Waals surface area contributed by atoms with Crippen molar-refractivity contribution >= 4 is 23.9 Å². The average Bonchev–Trinajstić information content (AvgIpc) is 3.05. The molecule has 1 heterocycles. The van der Waals surface area contributed by atoms with Crippen LogP contribution in [0, 0.1) is 0 Å². The van der Waals surface area contributed by atoms with Gasteiger partial charge in [-0.05, 0) is 37.1 Å². The highest BCUT2D eigenvalue weighted by Crippen LogP contribution is 2.12. The van der Waals surface area contributed by atoms with Gasteiger partial charge in [-0.2, -0.15) is 0 Å². The molecule has 2 amide bonds. The Morgan fingerprint density at radius 3 is 2.65 bits per heavy atom. The zero-order chi connectivity index (χ0) is 18.9. The van der Waals surface area contributed by atoms with Crippen LogP contribution < -0.4 is 10.1 Å². The lowest BCUT2D eigenvalue weighted by Gasteiger charge is -2.17. The summed E-state index contributed by atoms with van der Waals surface area (Å²) in [6, 6.07) is 6.46. The summed E-state index contributed by atoms with van der Waals surface area (Å²) in [6.07, 6.45) is 4.40. The highest BCUT2D eigenvalue weighted by Gasteiger charge is 2.21. The molecule has 26 heavy (non-hydrogen) atoms. The molecule has 0 bridgehead atoms. The molecular weight excluding hydrogens is 336 g/mol. The molecule has 1 N–H and O–H groups in total. The maximum Gasteiger partial charge on any atom is 0.328 e. The van der Waals surface area contributed by atoms with Crippen LogP contribution in [0.2, 0.25) is 0 Å². The van der Waals surface area contributed by atoms with E-state index in [4.69, 9.17) is 9.47 Å². The van der Waals surface area contributed by atoms with Gasteiger partial charge in [0.15, 0.2) is 0 Å². The fourth-order valence-electron chi connectivity index (χ4n) is 2.53. The number of nitrogens with one attached hydrogen (secondary N) is 1. The monoisotopic (exact) mass is 360 g/mol. The van der Waals surface area contributed by atoms with Crippen molar-refractivity contribution in [2.45, 2.75) is 25.8 Å². The molecule has 1 aromatic rings. The zero-order valence-corrected chi connectivity index (χ0v) is 15.1. The fraction of sp³-hybridized carbons (Fsp3) is 0.421. The fourth-order valence-corrected chi connectivity index (χ4v) is 2.53. The number of likely N-dealkylation sites (tertiary alicyclic amines) is 1. The molecule has 1 aromatic carbocycles. The second-order valence-electron chi connectivity index (χ2n) is 5.99. The van der Waals surface area contributed by atoms with E-state index in [0.717, 1.165) is 17.7 Å². The Morgan fingerprint density at radius 2 is 2.04 bits per heavy atom. The molecular formula is C19H24N2O5. The molecule has 7 nitrogen and oxygen atoms in total. The lowest BCUT2D eigenvalue weighted by Crippen LogP contribution is -2.39. The van der Waals surface area contributed by atoms with Crippen molar-refractivity contribution in [3.8, 4) is 5.75 Å². The number of amides is 2. The predicted molar refractivity (Wildman–Crippen MR) is 96.4 cm³/mol. The number of benzene rings is 1. The highest BCUT2D eigenvalue weighted by molar-refractivity contribution is 5.94. The molecule has 7 heteroatoms. The number of esters is 1. The van der Waals surface area contributed by atoms with Gasteiger partial charge in [0.1, 0.15) is 18.4 Å². The number of methoxy groups -OCH3 is 1. The van der Waals surface area contributed by atoms with E-state index >= 15 is 0 Å². The Morgan fingerprint density at radius 1 is 1.31 bits per heavy atom. The Bertz CT molecular complexity index is 669. The second-order valence-corrected chi connectivity index (χ2v) is 5.99. The Labute approximate surface area is 153 Å². The normalized spacial score (nSPS) is 15.2. The molecule has 0 saturated carbocycles. The first kappa shape index (κ1) is 19.5.